The summed E-state index contributed by atoms with van der Waals surface area (Å²) in [4.78, 5) is 14.9. The molecule has 0 radical (unpaired) electrons. The van der Waals surface area contributed by atoms with Crippen LogP contribution in [0.4, 0.5) is 0 Å². The fourth-order valence-electron chi connectivity index (χ4n) is 1.46. The lowest BCUT2D eigenvalue weighted by Crippen LogP contribution is -1.99. The van der Waals surface area contributed by atoms with E-state index in [2.05, 4.69) is 20.9 Å². The lowest BCUT2D eigenvalue weighted by molar-refractivity contribution is -0.136. The summed E-state index contributed by atoms with van der Waals surface area (Å²) < 4.78 is 0.980. The highest BCUT2D eigenvalue weighted by Crippen LogP contribution is 2.31. The van der Waals surface area contributed by atoms with E-state index in [1.54, 1.807) is 5.38 Å². The van der Waals surface area contributed by atoms with Crippen LogP contribution in [0.5, 0.6) is 0 Å². The molecule has 0 spiro atoms. The number of halogens is 1. The second-order valence-electron chi connectivity index (χ2n) is 3.70. The smallest absolute Gasteiger partial charge is 0.309 e. The summed E-state index contributed by atoms with van der Waals surface area (Å²) in [6, 6.07) is 6.02. The summed E-state index contributed by atoms with van der Waals surface area (Å²) in [5.41, 5.74) is 2.77. The van der Waals surface area contributed by atoms with Gasteiger partial charge in [-0.1, -0.05) is 28.1 Å². The minimum atomic E-state index is -0.857. The number of carbonyl (C=O) groups is 1. The maximum atomic E-state index is 10.6. The summed E-state index contributed by atoms with van der Waals surface area (Å²) >= 11 is 4.95. The Morgan fingerprint density at radius 2 is 2.29 bits per heavy atom. The Balaban J connectivity index is 2.33. The number of carboxylic acids is 1. The summed E-state index contributed by atoms with van der Waals surface area (Å²) in [6.45, 7) is 2.02. The van der Waals surface area contributed by atoms with E-state index in [1.807, 2.05) is 25.1 Å². The minimum Gasteiger partial charge on any atom is -0.481 e. The Labute approximate surface area is 111 Å². The zero-order valence-electron chi connectivity index (χ0n) is 9.11. The predicted molar refractivity (Wildman–Crippen MR) is 71.3 cm³/mol. The zero-order valence-corrected chi connectivity index (χ0v) is 11.5. The molecule has 5 heteroatoms. The van der Waals surface area contributed by atoms with Crippen molar-refractivity contribution in [2.24, 2.45) is 0 Å². The lowest BCUT2D eigenvalue weighted by atomic mass is 10.2. The molecule has 1 heterocycles. The summed E-state index contributed by atoms with van der Waals surface area (Å²) in [5.74, 6) is -0.857. The topological polar surface area (TPSA) is 50.2 Å². The molecule has 0 saturated heterocycles. The third-order valence-electron chi connectivity index (χ3n) is 2.24. The summed E-state index contributed by atoms with van der Waals surface area (Å²) in [7, 11) is 0. The van der Waals surface area contributed by atoms with Crippen LogP contribution in [-0.2, 0) is 11.2 Å². The number of hydrogen-bond acceptors (Lipinski definition) is 3. The van der Waals surface area contributed by atoms with E-state index < -0.39 is 5.97 Å². The first-order valence-corrected chi connectivity index (χ1v) is 6.66. The predicted octanol–water partition coefficient (Wildman–Crippen LogP) is 3.51. The molecule has 1 aromatic carbocycles. The van der Waals surface area contributed by atoms with Crippen LogP contribution >= 0.6 is 27.3 Å². The van der Waals surface area contributed by atoms with E-state index in [4.69, 9.17) is 5.11 Å². The first-order valence-electron chi connectivity index (χ1n) is 4.99. The van der Waals surface area contributed by atoms with Crippen molar-refractivity contribution in [3.8, 4) is 10.6 Å². The van der Waals surface area contributed by atoms with Crippen molar-refractivity contribution in [3.05, 3.63) is 39.3 Å². The van der Waals surface area contributed by atoms with Gasteiger partial charge in [0.2, 0.25) is 0 Å². The Bertz CT molecular complexity index is 565. The molecule has 88 valence electrons. The SMILES string of the molecule is Cc1ccc(-c2nc(CC(=O)O)cs2)c(Br)c1. The van der Waals surface area contributed by atoms with Gasteiger partial charge in [-0.2, -0.15) is 0 Å². The van der Waals surface area contributed by atoms with Crippen molar-refractivity contribution in [3.63, 3.8) is 0 Å². The molecule has 0 aliphatic rings. The highest BCUT2D eigenvalue weighted by Gasteiger charge is 2.10. The Hall–Kier alpha value is -1.20. The molecular formula is C12H10BrNO2S. The molecule has 1 aromatic heterocycles. The number of carboxylic acid groups (broad SMARTS) is 1. The Morgan fingerprint density at radius 1 is 1.53 bits per heavy atom. The molecule has 0 amide bonds. The first kappa shape index (κ1) is 12.3. The summed E-state index contributed by atoms with van der Waals surface area (Å²) in [5, 5.41) is 11.3. The molecule has 3 nitrogen and oxygen atoms in total. The molecule has 1 N–H and O–H groups in total. The number of benzene rings is 1. The fourth-order valence-corrected chi connectivity index (χ4v) is 3.13. The highest BCUT2D eigenvalue weighted by molar-refractivity contribution is 9.10. The second kappa shape index (κ2) is 4.98. The van der Waals surface area contributed by atoms with E-state index in [0.717, 1.165) is 15.0 Å². The van der Waals surface area contributed by atoms with E-state index in [1.165, 1.54) is 16.9 Å². The van der Waals surface area contributed by atoms with Crippen molar-refractivity contribution in [2.45, 2.75) is 13.3 Å². The van der Waals surface area contributed by atoms with Gasteiger partial charge in [0.1, 0.15) is 5.01 Å². The Morgan fingerprint density at radius 3 is 2.94 bits per heavy atom. The van der Waals surface area contributed by atoms with Gasteiger partial charge in [0.15, 0.2) is 0 Å². The largest absolute Gasteiger partial charge is 0.481 e. The van der Waals surface area contributed by atoms with Gasteiger partial charge in [-0.3, -0.25) is 4.79 Å². The van der Waals surface area contributed by atoms with Gasteiger partial charge in [-0.15, -0.1) is 11.3 Å². The van der Waals surface area contributed by atoms with Gasteiger partial charge in [-0.25, -0.2) is 4.98 Å². The monoisotopic (exact) mass is 311 g/mol. The van der Waals surface area contributed by atoms with Crippen LogP contribution in [0.1, 0.15) is 11.3 Å². The van der Waals surface area contributed by atoms with Gasteiger partial charge in [0.25, 0.3) is 0 Å². The molecule has 17 heavy (non-hydrogen) atoms. The average Bonchev–Trinajstić information content (AvgIpc) is 2.65. The van der Waals surface area contributed by atoms with Crippen LogP contribution < -0.4 is 0 Å². The van der Waals surface area contributed by atoms with Crippen molar-refractivity contribution in [1.29, 1.82) is 0 Å². The molecule has 0 fully saturated rings. The highest BCUT2D eigenvalue weighted by atomic mass is 79.9. The first-order chi connectivity index (χ1) is 8.06. The van der Waals surface area contributed by atoms with Gasteiger partial charge in [0, 0.05) is 15.4 Å². The van der Waals surface area contributed by atoms with E-state index in [0.29, 0.717) is 5.69 Å². The van der Waals surface area contributed by atoms with Crippen LogP contribution in [0, 0.1) is 6.92 Å². The van der Waals surface area contributed by atoms with Crippen LogP contribution in [0.3, 0.4) is 0 Å². The second-order valence-corrected chi connectivity index (χ2v) is 5.41. The third-order valence-corrected chi connectivity index (χ3v) is 3.82. The average molecular weight is 312 g/mol. The normalized spacial score (nSPS) is 10.5. The molecule has 0 aliphatic heterocycles. The molecule has 0 atom stereocenters. The lowest BCUT2D eigenvalue weighted by Gasteiger charge is -2.01. The maximum absolute atomic E-state index is 10.6. The number of rotatable bonds is 3. The van der Waals surface area contributed by atoms with Gasteiger partial charge in [0.05, 0.1) is 12.1 Å². The van der Waals surface area contributed by atoms with Crippen LogP contribution in [0.15, 0.2) is 28.1 Å². The fraction of sp³-hybridized carbons (Fsp3) is 0.167. The number of aromatic nitrogens is 1. The van der Waals surface area contributed by atoms with Crippen LogP contribution in [0.25, 0.3) is 10.6 Å². The van der Waals surface area contributed by atoms with Gasteiger partial charge >= 0.3 is 5.97 Å². The maximum Gasteiger partial charge on any atom is 0.309 e. The molecule has 0 aliphatic carbocycles. The standard InChI is InChI=1S/C12H10BrNO2S/c1-7-2-3-9(10(13)4-7)12-14-8(6-17-12)5-11(15)16/h2-4,6H,5H2,1H3,(H,15,16). The molecule has 2 aromatic rings. The van der Waals surface area contributed by atoms with Crippen molar-refractivity contribution >= 4 is 33.2 Å². The molecule has 0 bridgehead atoms. The molecule has 2 rings (SSSR count). The van der Waals surface area contributed by atoms with E-state index >= 15 is 0 Å². The van der Waals surface area contributed by atoms with E-state index in [-0.39, 0.29) is 6.42 Å². The number of aryl methyl sites for hydroxylation is 1. The molecule has 0 unspecified atom stereocenters. The minimum absolute atomic E-state index is 0.0278. The van der Waals surface area contributed by atoms with E-state index in [9.17, 15) is 4.79 Å². The van der Waals surface area contributed by atoms with Crippen molar-refractivity contribution < 1.29 is 9.90 Å². The quantitative estimate of drug-likeness (QED) is 0.943. The van der Waals surface area contributed by atoms with Crippen molar-refractivity contribution in [1.82, 2.24) is 4.98 Å². The number of thiazole rings is 1. The molecule has 0 saturated carbocycles. The Kier molecular flexibility index (Phi) is 3.59. The van der Waals surface area contributed by atoms with Gasteiger partial charge in [-0.05, 0) is 18.6 Å². The van der Waals surface area contributed by atoms with Crippen LogP contribution in [0.2, 0.25) is 0 Å². The van der Waals surface area contributed by atoms with Gasteiger partial charge < -0.3 is 5.11 Å². The number of nitrogens with zero attached hydrogens (tertiary/aromatic N) is 1. The third kappa shape index (κ3) is 2.92. The number of aliphatic carboxylic acids is 1. The number of hydrogen-bond donors (Lipinski definition) is 1. The van der Waals surface area contributed by atoms with Crippen LogP contribution in [-0.4, -0.2) is 16.1 Å². The molecular weight excluding hydrogens is 302 g/mol. The zero-order chi connectivity index (χ0) is 12.4. The summed E-state index contributed by atoms with van der Waals surface area (Å²) in [6.07, 6.45) is -0.0278. The van der Waals surface area contributed by atoms with Crippen molar-refractivity contribution in [2.75, 3.05) is 0 Å².